The molecule has 3 aromatic carbocycles. The minimum atomic E-state index is -4.26. The topological polar surface area (TPSA) is 94.8 Å². The molecule has 3 N–H and O–H groups in total. The van der Waals surface area contributed by atoms with E-state index in [1.807, 2.05) is 6.07 Å². The van der Waals surface area contributed by atoms with E-state index in [9.17, 15) is 13.5 Å². The molecule has 6 heteroatoms. The van der Waals surface area contributed by atoms with E-state index >= 15 is 0 Å². The lowest BCUT2D eigenvalue weighted by Gasteiger charge is -2.04. The number of hydrogen-bond acceptors (Lipinski definition) is 4. The van der Waals surface area contributed by atoms with Crippen molar-refractivity contribution in [2.75, 3.05) is 0 Å². The van der Waals surface area contributed by atoms with E-state index in [4.69, 9.17) is 9.66 Å². The second kappa shape index (κ2) is 6.46. The Balaban J connectivity index is 0.000000211. The van der Waals surface area contributed by atoms with Crippen LogP contribution in [0.25, 0.3) is 10.8 Å². The standard InChI is InChI=1S/C10H8O4S.C6H6O/c11-9-5-1-4-8-7(9)3-2-6-10(8)15(12,13)14;7-6-4-2-1-3-5-6/h1-6,11H,(H,12,13,14);1-5,7H. The lowest BCUT2D eigenvalue weighted by molar-refractivity contribution is 0.475. The van der Waals surface area contributed by atoms with Gasteiger partial charge in [0.2, 0.25) is 0 Å². The van der Waals surface area contributed by atoms with Gasteiger partial charge in [-0.3, -0.25) is 4.55 Å². The fourth-order valence-corrected chi connectivity index (χ4v) is 2.62. The van der Waals surface area contributed by atoms with E-state index in [0.29, 0.717) is 16.5 Å². The predicted molar refractivity (Wildman–Crippen MR) is 83.5 cm³/mol. The molecule has 0 unspecified atom stereocenters. The molecule has 0 saturated heterocycles. The summed E-state index contributed by atoms with van der Waals surface area (Å²) in [6.45, 7) is 0. The van der Waals surface area contributed by atoms with Crippen LogP contribution in [0.1, 0.15) is 0 Å². The van der Waals surface area contributed by atoms with Crippen molar-refractivity contribution in [2.45, 2.75) is 4.90 Å². The lowest BCUT2D eigenvalue weighted by atomic mass is 10.1. The van der Waals surface area contributed by atoms with E-state index in [-0.39, 0.29) is 10.6 Å². The summed E-state index contributed by atoms with van der Waals surface area (Å²) in [6.07, 6.45) is 0. The average molecular weight is 318 g/mol. The third kappa shape index (κ3) is 3.75. The average Bonchev–Trinajstić information content (AvgIpc) is 2.48. The van der Waals surface area contributed by atoms with Gasteiger partial charge in [0.15, 0.2) is 0 Å². The minimum absolute atomic E-state index is 0.0157. The molecule has 0 atom stereocenters. The van der Waals surface area contributed by atoms with Crippen LogP contribution in [0.15, 0.2) is 71.6 Å². The molecule has 0 radical (unpaired) electrons. The van der Waals surface area contributed by atoms with Crippen LogP contribution in [-0.4, -0.2) is 23.2 Å². The van der Waals surface area contributed by atoms with Crippen molar-refractivity contribution >= 4 is 20.9 Å². The molecule has 114 valence electrons. The van der Waals surface area contributed by atoms with Crippen molar-refractivity contribution in [3.8, 4) is 11.5 Å². The summed E-state index contributed by atoms with van der Waals surface area (Å²) in [5.74, 6) is 0.306. The maximum atomic E-state index is 11.0. The highest BCUT2D eigenvalue weighted by Gasteiger charge is 2.14. The van der Waals surface area contributed by atoms with Gasteiger partial charge in [-0.2, -0.15) is 8.42 Å². The Hall–Kier alpha value is -2.57. The van der Waals surface area contributed by atoms with Crippen molar-refractivity contribution in [2.24, 2.45) is 0 Å². The third-order valence-corrected chi connectivity index (χ3v) is 3.80. The Kier molecular flexibility index (Phi) is 4.65. The van der Waals surface area contributed by atoms with Crippen LogP contribution in [0, 0.1) is 0 Å². The summed E-state index contributed by atoms with van der Waals surface area (Å²) in [6, 6.07) is 17.5. The van der Waals surface area contributed by atoms with Crippen molar-refractivity contribution in [1.82, 2.24) is 0 Å². The zero-order valence-electron chi connectivity index (χ0n) is 11.4. The van der Waals surface area contributed by atoms with Gasteiger partial charge in [-0.15, -0.1) is 0 Å². The van der Waals surface area contributed by atoms with Crippen LogP contribution in [-0.2, 0) is 10.1 Å². The summed E-state index contributed by atoms with van der Waals surface area (Å²) in [5, 5.41) is 18.8. The zero-order chi connectivity index (χ0) is 16.2. The number of hydrogen-bond donors (Lipinski definition) is 3. The highest BCUT2D eigenvalue weighted by molar-refractivity contribution is 7.86. The number of phenolic OH excluding ortho intramolecular Hbond substituents is 2. The summed E-state index contributed by atoms with van der Waals surface area (Å²) >= 11 is 0. The van der Waals surface area contributed by atoms with Crippen LogP contribution in [0.2, 0.25) is 0 Å². The van der Waals surface area contributed by atoms with E-state index < -0.39 is 10.1 Å². The van der Waals surface area contributed by atoms with E-state index in [0.717, 1.165) is 0 Å². The van der Waals surface area contributed by atoms with Gasteiger partial charge in [0, 0.05) is 10.8 Å². The van der Waals surface area contributed by atoms with Crippen LogP contribution < -0.4 is 0 Å². The molecule has 3 aromatic rings. The maximum Gasteiger partial charge on any atom is 0.295 e. The van der Waals surface area contributed by atoms with Gasteiger partial charge in [-0.05, 0) is 24.3 Å². The van der Waals surface area contributed by atoms with Gasteiger partial charge >= 0.3 is 0 Å². The largest absolute Gasteiger partial charge is 0.508 e. The zero-order valence-corrected chi connectivity index (χ0v) is 12.2. The van der Waals surface area contributed by atoms with Crippen molar-refractivity contribution in [3.63, 3.8) is 0 Å². The Labute approximate surface area is 127 Å². The number of fused-ring (bicyclic) bond motifs is 1. The van der Waals surface area contributed by atoms with Crippen LogP contribution in [0.5, 0.6) is 11.5 Å². The van der Waals surface area contributed by atoms with E-state index in [1.54, 1.807) is 30.3 Å². The molecule has 5 nitrogen and oxygen atoms in total. The molecule has 0 aliphatic heterocycles. The van der Waals surface area contributed by atoms with Gasteiger partial charge in [0.1, 0.15) is 16.4 Å². The molecule has 0 saturated carbocycles. The molecule has 0 bridgehead atoms. The fourth-order valence-electron chi connectivity index (χ4n) is 1.92. The first-order valence-corrected chi connectivity index (χ1v) is 7.76. The molecule has 0 amide bonds. The molecule has 0 aliphatic carbocycles. The molecule has 0 fully saturated rings. The number of aromatic hydroxyl groups is 2. The molecule has 22 heavy (non-hydrogen) atoms. The number of phenols is 2. The summed E-state index contributed by atoms with van der Waals surface area (Å²) in [5.41, 5.74) is 0. The molecule has 0 spiro atoms. The number of rotatable bonds is 1. The predicted octanol–water partition coefficient (Wildman–Crippen LogP) is 3.18. The van der Waals surface area contributed by atoms with Crippen molar-refractivity contribution in [3.05, 3.63) is 66.7 Å². The smallest absolute Gasteiger partial charge is 0.295 e. The second-order valence-corrected chi connectivity index (χ2v) is 5.83. The Morgan fingerprint density at radius 1 is 0.682 bits per heavy atom. The summed E-state index contributed by atoms with van der Waals surface area (Å²) in [4.78, 5) is -0.198. The molecule has 0 aromatic heterocycles. The molecule has 0 heterocycles. The Morgan fingerprint density at radius 3 is 1.82 bits per heavy atom. The number of benzene rings is 3. The van der Waals surface area contributed by atoms with Gasteiger partial charge in [0.05, 0.1) is 0 Å². The quantitative estimate of drug-likeness (QED) is 0.599. The Morgan fingerprint density at radius 2 is 1.27 bits per heavy atom. The van der Waals surface area contributed by atoms with Crippen molar-refractivity contribution in [1.29, 1.82) is 0 Å². The van der Waals surface area contributed by atoms with Gasteiger partial charge in [-0.25, -0.2) is 0 Å². The fraction of sp³-hybridized carbons (Fsp3) is 0. The molecule has 0 aliphatic rings. The molecule has 3 rings (SSSR count). The minimum Gasteiger partial charge on any atom is -0.508 e. The molecular formula is C16H14O5S. The third-order valence-electron chi connectivity index (χ3n) is 2.89. The molecular weight excluding hydrogens is 304 g/mol. The van der Waals surface area contributed by atoms with Gasteiger partial charge in [-0.1, -0.05) is 42.5 Å². The summed E-state index contributed by atoms with van der Waals surface area (Å²) in [7, 11) is -4.26. The number of para-hydroxylation sites is 1. The summed E-state index contributed by atoms with van der Waals surface area (Å²) < 4.78 is 31.0. The van der Waals surface area contributed by atoms with E-state index in [2.05, 4.69) is 0 Å². The van der Waals surface area contributed by atoms with Gasteiger partial charge < -0.3 is 10.2 Å². The highest BCUT2D eigenvalue weighted by atomic mass is 32.2. The first-order chi connectivity index (χ1) is 10.4. The first-order valence-electron chi connectivity index (χ1n) is 6.32. The SMILES string of the molecule is O=S(=O)(O)c1cccc2c(O)cccc12.Oc1ccccc1. The second-order valence-electron chi connectivity index (χ2n) is 4.44. The van der Waals surface area contributed by atoms with Crippen LogP contribution >= 0.6 is 0 Å². The first kappa shape index (κ1) is 15.8. The maximum absolute atomic E-state index is 11.0. The van der Waals surface area contributed by atoms with Crippen LogP contribution in [0.3, 0.4) is 0 Å². The Bertz CT molecular complexity index is 873. The monoisotopic (exact) mass is 318 g/mol. The van der Waals surface area contributed by atoms with Gasteiger partial charge in [0.25, 0.3) is 10.1 Å². The normalized spacial score (nSPS) is 10.8. The lowest BCUT2D eigenvalue weighted by Crippen LogP contribution is -1.98. The van der Waals surface area contributed by atoms with Crippen molar-refractivity contribution < 1.29 is 23.2 Å². The van der Waals surface area contributed by atoms with Crippen LogP contribution in [0.4, 0.5) is 0 Å². The highest BCUT2D eigenvalue weighted by Crippen LogP contribution is 2.28. The van der Waals surface area contributed by atoms with E-state index in [1.165, 1.54) is 30.3 Å².